The van der Waals surface area contributed by atoms with Gasteiger partial charge in [0.2, 0.25) is 5.95 Å². The molecular formula is C20H16FN5O2. The maximum Gasteiger partial charge on any atom is 0.280 e. The van der Waals surface area contributed by atoms with E-state index in [0.29, 0.717) is 12.3 Å². The van der Waals surface area contributed by atoms with Crippen molar-refractivity contribution < 1.29 is 13.7 Å². The summed E-state index contributed by atoms with van der Waals surface area (Å²) in [6, 6.07) is 15.4. The first-order chi connectivity index (χ1) is 13.6. The van der Waals surface area contributed by atoms with Crippen molar-refractivity contribution in [1.29, 1.82) is 0 Å². The van der Waals surface area contributed by atoms with E-state index >= 15 is 0 Å². The minimum absolute atomic E-state index is 0.130. The van der Waals surface area contributed by atoms with E-state index in [-0.39, 0.29) is 17.5 Å². The van der Waals surface area contributed by atoms with E-state index in [4.69, 9.17) is 4.52 Å². The topological polar surface area (TPSA) is 85.8 Å². The van der Waals surface area contributed by atoms with Crippen molar-refractivity contribution in [3.05, 3.63) is 83.6 Å². The van der Waals surface area contributed by atoms with E-state index in [9.17, 15) is 9.18 Å². The Bertz CT molecular complexity index is 1100. The molecule has 0 saturated carbocycles. The summed E-state index contributed by atoms with van der Waals surface area (Å²) in [5, 5.41) is 10.6. The lowest BCUT2D eigenvalue weighted by Gasteiger charge is -2.00. The second-order valence-corrected chi connectivity index (χ2v) is 6.29. The molecule has 4 rings (SSSR count). The molecule has 0 fully saturated rings. The highest BCUT2D eigenvalue weighted by atomic mass is 19.1. The number of benzene rings is 2. The zero-order valence-corrected chi connectivity index (χ0v) is 15.0. The Balaban J connectivity index is 1.42. The van der Waals surface area contributed by atoms with Crippen LogP contribution >= 0.6 is 0 Å². The number of rotatable bonds is 5. The molecule has 2 aromatic carbocycles. The minimum Gasteiger partial charge on any atom is -0.355 e. The summed E-state index contributed by atoms with van der Waals surface area (Å²) in [6.45, 7) is 2.40. The second-order valence-electron chi connectivity index (χ2n) is 6.29. The van der Waals surface area contributed by atoms with Gasteiger partial charge in [0.25, 0.3) is 5.91 Å². The predicted molar refractivity (Wildman–Crippen MR) is 100 cm³/mol. The molecule has 0 spiro atoms. The molecule has 2 heterocycles. The van der Waals surface area contributed by atoms with Crippen LogP contribution in [0.25, 0.3) is 11.3 Å². The number of hydrogen-bond donors (Lipinski definition) is 1. The Morgan fingerprint density at radius 1 is 1.14 bits per heavy atom. The molecule has 0 aliphatic carbocycles. The molecule has 0 unspecified atom stereocenters. The summed E-state index contributed by atoms with van der Waals surface area (Å²) in [7, 11) is 0. The molecule has 0 radical (unpaired) electrons. The van der Waals surface area contributed by atoms with Gasteiger partial charge in [-0.3, -0.25) is 10.1 Å². The Morgan fingerprint density at radius 3 is 2.64 bits per heavy atom. The molecule has 0 saturated heterocycles. The van der Waals surface area contributed by atoms with E-state index in [1.807, 2.05) is 31.2 Å². The summed E-state index contributed by atoms with van der Waals surface area (Å²) >= 11 is 0. The van der Waals surface area contributed by atoms with Gasteiger partial charge in [0.1, 0.15) is 12.1 Å². The van der Waals surface area contributed by atoms with Crippen molar-refractivity contribution in [3.8, 4) is 11.3 Å². The lowest BCUT2D eigenvalue weighted by molar-refractivity contribution is 0.101. The molecule has 140 valence electrons. The van der Waals surface area contributed by atoms with Crippen LogP contribution in [0, 0.1) is 12.7 Å². The Morgan fingerprint density at radius 2 is 1.89 bits per heavy atom. The van der Waals surface area contributed by atoms with Crippen LogP contribution in [0.2, 0.25) is 0 Å². The highest BCUT2D eigenvalue weighted by molar-refractivity contribution is 6.02. The number of carbonyl (C=O) groups is 1. The number of anilines is 1. The number of aromatic nitrogens is 4. The number of hydrogen-bond acceptors (Lipinski definition) is 5. The van der Waals surface area contributed by atoms with E-state index in [1.165, 1.54) is 18.5 Å². The Kier molecular flexibility index (Phi) is 4.67. The lowest BCUT2D eigenvalue weighted by Crippen LogP contribution is -2.13. The maximum atomic E-state index is 13.0. The third-order valence-corrected chi connectivity index (χ3v) is 4.10. The summed E-state index contributed by atoms with van der Waals surface area (Å²) in [6.07, 6.45) is 1.49. The summed E-state index contributed by atoms with van der Waals surface area (Å²) in [4.78, 5) is 16.4. The van der Waals surface area contributed by atoms with E-state index in [0.717, 1.165) is 16.7 Å². The first-order valence-electron chi connectivity index (χ1n) is 8.56. The molecule has 0 bridgehead atoms. The standard InChI is InChI=1S/C20H16FN5O2/c1-13-2-6-15(7-3-13)18-10-17(25-28-18)19(27)23-20-22-12-26(24-20)11-14-4-8-16(21)9-5-14/h2-10,12H,11H2,1H3,(H,23,24,27). The highest BCUT2D eigenvalue weighted by Gasteiger charge is 2.15. The number of halogens is 1. The van der Waals surface area contributed by atoms with Crippen LogP contribution in [0.5, 0.6) is 0 Å². The van der Waals surface area contributed by atoms with Crippen molar-refractivity contribution in [2.24, 2.45) is 0 Å². The first-order valence-corrected chi connectivity index (χ1v) is 8.56. The van der Waals surface area contributed by atoms with Crippen molar-refractivity contribution in [2.75, 3.05) is 5.32 Å². The molecule has 8 heteroatoms. The van der Waals surface area contributed by atoms with Crippen molar-refractivity contribution >= 4 is 11.9 Å². The van der Waals surface area contributed by atoms with E-state index in [1.54, 1.807) is 22.9 Å². The molecule has 1 amide bonds. The SMILES string of the molecule is Cc1ccc(-c2cc(C(=O)Nc3ncn(Cc4ccc(F)cc4)n3)no2)cc1. The van der Waals surface area contributed by atoms with Crippen molar-refractivity contribution in [2.45, 2.75) is 13.5 Å². The van der Waals surface area contributed by atoms with Gasteiger partial charge in [0, 0.05) is 11.6 Å². The average Bonchev–Trinajstić information content (AvgIpc) is 3.34. The fourth-order valence-corrected chi connectivity index (χ4v) is 2.61. The van der Waals surface area contributed by atoms with Gasteiger partial charge >= 0.3 is 0 Å². The van der Waals surface area contributed by atoms with Gasteiger partial charge in [-0.05, 0) is 24.6 Å². The fourth-order valence-electron chi connectivity index (χ4n) is 2.61. The summed E-state index contributed by atoms with van der Waals surface area (Å²) in [5.74, 6) is -0.124. The van der Waals surface area contributed by atoms with Crippen LogP contribution in [-0.4, -0.2) is 25.8 Å². The lowest BCUT2D eigenvalue weighted by atomic mass is 10.1. The largest absolute Gasteiger partial charge is 0.355 e. The number of amides is 1. The number of carbonyl (C=O) groups excluding carboxylic acids is 1. The molecule has 0 aliphatic heterocycles. The van der Waals surface area contributed by atoms with E-state index in [2.05, 4.69) is 20.6 Å². The van der Waals surface area contributed by atoms with Crippen LogP contribution in [0.15, 0.2) is 65.4 Å². The quantitative estimate of drug-likeness (QED) is 0.573. The number of nitrogens with zero attached hydrogens (tertiary/aromatic N) is 4. The minimum atomic E-state index is -0.471. The molecule has 0 atom stereocenters. The highest BCUT2D eigenvalue weighted by Crippen LogP contribution is 2.21. The van der Waals surface area contributed by atoms with Crippen LogP contribution in [0.3, 0.4) is 0 Å². The van der Waals surface area contributed by atoms with Crippen LogP contribution in [-0.2, 0) is 6.54 Å². The summed E-state index contributed by atoms with van der Waals surface area (Å²) in [5.41, 5.74) is 2.95. The molecule has 7 nitrogen and oxygen atoms in total. The third-order valence-electron chi connectivity index (χ3n) is 4.10. The zero-order valence-electron chi connectivity index (χ0n) is 15.0. The van der Waals surface area contributed by atoms with Gasteiger partial charge in [-0.2, -0.15) is 0 Å². The van der Waals surface area contributed by atoms with Gasteiger partial charge < -0.3 is 4.52 Å². The smallest absolute Gasteiger partial charge is 0.280 e. The first kappa shape index (κ1) is 17.6. The normalized spacial score (nSPS) is 10.8. The summed E-state index contributed by atoms with van der Waals surface area (Å²) < 4.78 is 19.8. The fraction of sp³-hybridized carbons (Fsp3) is 0.100. The maximum absolute atomic E-state index is 13.0. The zero-order chi connectivity index (χ0) is 19.5. The van der Waals surface area contributed by atoms with Crippen molar-refractivity contribution in [1.82, 2.24) is 19.9 Å². The molecule has 0 aliphatic rings. The monoisotopic (exact) mass is 377 g/mol. The average molecular weight is 377 g/mol. The van der Waals surface area contributed by atoms with Gasteiger partial charge in [0.05, 0.1) is 6.54 Å². The molecular weight excluding hydrogens is 361 g/mol. The Hall–Kier alpha value is -3.81. The van der Waals surface area contributed by atoms with Gasteiger partial charge in [-0.15, -0.1) is 5.10 Å². The van der Waals surface area contributed by atoms with Crippen molar-refractivity contribution in [3.63, 3.8) is 0 Å². The van der Waals surface area contributed by atoms with Gasteiger partial charge in [-0.25, -0.2) is 14.1 Å². The predicted octanol–water partition coefficient (Wildman–Crippen LogP) is 3.68. The second kappa shape index (κ2) is 7.43. The molecule has 2 aromatic heterocycles. The molecule has 1 N–H and O–H groups in total. The number of aryl methyl sites for hydroxylation is 1. The van der Waals surface area contributed by atoms with Crippen LogP contribution < -0.4 is 5.32 Å². The van der Waals surface area contributed by atoms with Crippen LogP contribution in [0.1, 0.15) is 21.6 Å². The Labute approximate surface area is 159 Å². The molecule has 4 aromatic rings. The molecule has 28 heavy (non-hydrogen) atoms. The van der Waals surface area contributed by atoms with Gasteiger partial charge in [-0.1, -0.05) is 47.1 Å². The third kappa shape index (κ3) is 3.96. The van der Waals surface area contributed by atoms with Crippen LogP contribution in [0.4, 0.5) is 10.3 Å². The van der Waals surface area contributed by atoms with E-state index < -0.39 is 5.91 Å². The number of nitrogens with one attached hydrogen (secondary N) is 1. The van der Waals surface area contributed by atoms with Gasteiger partial charge in [0.15, 0.2) is 11.5 Å².